The van der Waals surface area contributed by atoms with Crippen molar-refractivity contribution >= 4 is 22.7 Å². The molecule has 2 rings (SSSR count). The predicted octanol–water partition coefficient (Wildman–Crippen LogP) is 1.25. The number of nitrogens with two attached hydrogens (primary N) is 2. The summed E-state index contributed by atoms with van der Waals surface area (Å²) in [7, 11) is 1.98. The highest BCUT2D eigenvalue weighted by Crippen LogP contribution is 2.23. The van der Waals surface area contributed by atoms with E-state index < -0.39 is 6.10 Å². The molecule has 0 saturated carbocycles. The van der Waals surface area contributed by atoms with Crippen molar-refractivity contribution in [1.29, 1.82) is 0 Å². The van der Waals surface area contributed by atoms with E-state index in [0.29, 0.717) is 24.5 Å². The Morgan fingerprint density at radius 1 is 1.17 bits per heavy atom. The molecule has 0 saturated heterocycles. The molecule has 124 valence electrons. The van der Waals surface area contributed by atoms with E-state index in [0.717, 1.165) is 16.9 Å². The Balaban J connectivity index is 2.07. The number of benzene rings is 2. The number of rotatable bonds is 7. The highest BCUT2D eigenvalue weighted by molar-refractivity contribution is 5.60. The first-order valence-electron chi connectivity index (χ1n) is 7.47. The molecule has 2 aromatic carbocycles. The zero-order chi connectivity index (χ0) is 16.8. The average Bonchev–Trinajstić information content (AvgIpc) is 2.56. The predicted molar refractivity (Wildman–Crippen MR) is 95.4 cm³/mol. The van der Waals surface area contributed by atoms with E-state index >= 15 is 0 Å². The van der Waals surface area contributed by atoms with E-state index in [4.69, 9.17) is 16.6 Å². The smallest absolute Gasteiger partial charge is 0.0942 e. The number of aliphatic hydroxyl groups excluding tert-OH is 2. The van der Waals surface area contributed by atoms with Crippen LogP contribution in [0.2, 0.25) is 0 Å². The number of hydrogen-bond donors (Lipinski definition) is 5. The largest absolute Gasteiger partial charge is 0.399 e. The molecule has 23 heavy (non-hydrogen) atoms. The van der Waals surface area contributed by atoms with Gasteiger partial charge in [-0.3, -0.25) is 0 Å². The standard InChI is InChI=1S/C17H24N4O2/c1-21(10-12-7-13(18)5-6-17(12)19)15-4-2-3-14(8-15)20-9-16(23)11-22/h2-8,16,20,22-23H,9-11,18-19H2,1H3. The molecule has 0 aliphatic heterocycles. The number of anilines is 4. The highest BCUT2D eigenvalue weighted by Gasteiger charge is 2.07. The van der Waals surface area contributed by atoms with E-state index in [1.54, 1.807) is 6.07 Å². The van der Waals surface area contributed by atoms with Crippen LogP contribution in [0.5, 0.6) is 0 Å². The van der Waals surface area contributed by atoms with Crippen LogP contribution in [0.25, 0.3) is 0 Å². The van der Waals surface area contributed by atoms with Crippen LogP contribution in [0.1, 0.15) is 5.56 Å². The maximum atomic E-state index is 9.40. The van der Waals surface area contributed by atoms with Crippen molar-refractivity contribution in [3.63, 3.8) is 0 Å². The van der Waals surface area contributed by atoms with Crippen molar-refractivity contribution in [1.82, 2.24) is 0 Å². The molecule has 0 aromatic heterocycles. The van der Waals surface area contributed by atoms with Gasteiger partial charge >= 0.3 is 0 Å². The topological polar surface area (TPSA) is 108 Å². The van der Waals surface area contributed by atoms with Gasteiger partial charge in [0.2, 0.25) is 0 Å². The van der Waals surface area contributed by atoms with Gasteiger partial charge in [-0.15, -0.1) is 0 Å². The number of nitrogens with one attached hydrogen (secondary N) is 1. The van der Waals surface area contributed by atoms with Gasteiger partial charge < -0.3 is 31.9 Å². The molecular weight excluding hydrogens is 292 g/mol. The van der Waals surface area contributed by atoms with Gasteiger partial charge in [-0.05, 0) is 42.0 Å². The van der Waals surface area contributed by atoms with Crippen LogP contribution in [0.4, 0.5) is 22.7 Å². The SMILES string of the molecule is CN(Cc1cc(N)ccc1N)c1cccc(NCC(O)CO)c1. The summed E-state index contributed by atoms with van der Waals surface area (Å²) in [5, 5.41) is 21.3. The molecule has 6 heteroatoms. The summed E-state index contributed by atoms with van der Waals surface area (Å²) in [6.07, 6.45) is -0.775. The molecule has 0 radical (unpaired) electrons. The fourth-order valence-corrected chi connectivity index (χ4v) is 2.26. The fourth-order valence-electron chi connectivity index (χ4n) is 2.26. The van der Waals surface area contributed by atoms with Gasteiger partial charge in [0, 0.05) is 42.9 Å². The minimum Gasteiger partial charge on any atom is -0.399 e. The van der Waals surface area contributed by atoms with Crippen molar-refractivity contribution in [2.45, 2.75) is 12.6 Å². The van der Waals surface area contributed by atoms with Crippen LogP contribution < -0.4 is 21.7 Å². The first kappa shape index (κ1) is 16.9. The number of nitrogens with zero attached hydrogens (tertiary/aromatic N) is 1. The molecule has 0 bridgehead atoms. The van der Waals surface area contributed by atoms with E-state index in [1.807, 2.05) is 43.4 Å². The lowest BCUT2D eigenvalue weighted by Crippen LogP contribution is -2.23. The third-order valence-electron chi connectivity index (χ3n) is 3.61. The van der Waals surface area contributed by atoms with Gasteiger partial charge in [0.15, 0.2) is 0 Å². The second-order valence-corrected chi connectivity index (χ2v) is 5.58. The molecule has 0 spiro atoms. The number of hydrogen-bond acceptors (Lipinski definition) is 6. The maximum Gasteiger partial charge on any atom is 0.0942 e. The van der Waals surface area contributed by atoms with Gasteiger partial charge in [0.25, 0.3) is 0 Å². The lowest BCUT2D eigenvalue weighted by Gasteiger charge is -2.21. The Morgan fingerprint density at radius 3 is 2.70 bits per heavy atom. The normalized spacial score (nSPS) is 12.0. The second-order valence-electron chi connectivity index (χ2n) is 5.58. The minimum absolute atomic E-state index is 0.263. The number of nitrogen functional groups attached to an aromatic ring is 2. The summed E-state index contributed by atoms with van der Waals surface area (Å²) >= 11 is 0. The van der Waals surface area contributed by atoms with E-state index in [1.165, 1.54) is 0 Å². The van der Waals surface area contributed by atoms with Crippen molar-refractivity contribution in [3.8, 4) is 0 Å². The molecule has 1 unspecified atom stereocenters. The molecule has 2 aromatic rings. The van der Waals surface area contributed by atoms with Crippen LogP contribution in [-0.2, 0) is 6.54 Å². The zero-order valence-corrected chi connectivity index (χ0v) is 13.2. The first-order valence-corrected chi connectivity index (χ1v) is 7.47. The molecule has 0 fully saturated rings. The van der Waals surface area contributed by atoms with Gasteiger partial charge in [-0.2, -0.15) is 0 Å². The Kier molecular flexibility index (Phi) is 5.67. The quantitative estimate of drug-likeness (QED) is 0.492. The van der Waals surface area contributed by atoms with E-state index in [-0.39, 0.29) is 6.61 Å². The first-order chi connectivity index (χ1) is 11.0. The molecule has 0 aliphatic carbocycles. The molecule has 0 heterocycles. The maximum absolute atomic E-state index is 9.40. The van der Waals surface area contributed by atoms with Crippen molar-refractivity contribution in [2.75, 3.05) is 41.9 Å². The Morgan fingerprint density at radius 2 is 1.96 bits per heavy atom. The van der Waals surface area contributed by atoms with Gasteiger partial charge in [-0.1, -0.05) is 6.07 Å². The monoisotopic (exact) mass is 316 g/mol. The third-order valence-corrected chi connectivity index (χ3v) is 3.61. The summed E-state index contributed by atoms with van der Waals surface area (Å²) in [5.41, 5.74) is 16.1. The fraction of sp³-hybridized carbons (Fsp3) is 0.294. The molecule has 7 N–H and O–H groups in total. The van der Waals surface area contributed by atoms with Crippen LogP contribution in [0, 0.1) is 0 Å². The second kappa shape index (κ2) is 7.71. The summed E-state index contributed by atoms with van der Waals surface area (Å²) in [5.74, 6) is 0. The average molecular weight is 316 g/mol. The van der Waals surface area contributed by atoms with Crippen molar-refractivity contribution in [2.24, 2.45) is 0 Å². The van der Waals surface area contributed by atoms with Crippen molar-refractivity contribution in [3.05, 3.63) is 48.0 Å². The van der Waals surface area contributed by atoms with Crippen LogP contribution in [0.15, 0.2) is 42.5 Å². The van der Waals surface area contributed by atoms with Gasteiger partial charge in [0.1, 0.15) is 0 Å². The van der Waals surface area contributed by atoms with Crippen LogP contribution >= 0.6 is 0 Å². The van der Waals surface area contributed by atoms with Gasteiger partial charge in [-0.25, -0.2) is 0 Å². The number of aliphatic hydroxyl groups is 2. The Labute approximate surface area is 136 Å². The summed E-state index contributed by atoms with van der Waals surface area (Å²) in [4.78, 5) is 2.07. The van der Waals surface area contributed by atoms with Crippen molar-refractivity contribution < 1.29 is 10.2 Å². The van der Waals surface area contributed by atoms with Crippen LogP contribution in [-0.4, -0.2) is 36.5 Å². The summed E-state index contributed by atoms with van der Waals surface area (Å²) in [6.45, 7) is 0.673. The zero-order valence-electron chi connectivity index (χ0n) is 13.2. The van der Waals surface area contributed by atoms with Gasteiger partial charge in [0.05, 0.1) is 12.7 Å². The lowest BCUT2D eigenvalue weighted by molar-refractivity contribution is 0.105. The lowest BCUT2D eigenvalue weighted by atomic mass is 10.1. The summed E-state index contributed by atoms with van der Waals surface area (Å²) in [6, 6.07) is 13.3. The molecular formula is C17H24N4O2. The van der Waals surface area contributed by atoms with Crippen LogP contribution in [0.3, 0.4) is 0 Å². The molecule has 1 atom stereocenters. The molecule has 6 nitrogen and oxygen atoms in total. The van der Waals surface area contributed by atoms with E-state index in [9.17, 15) is 5.11 Å². The summed E-state index contributed by atoms with van der Waals surface area (Å²) < 4.78 is 0. The Hall–Kier alpha value is -2.44. The minimum atomic E-state index is -0.775. The Bertz CT molecular complexity index is 648. The molecule has 0 amide bonds. The molecule has 0 aliphatic rings. The highest BCUT2D eigenvalue weighted by atomic mass is 16.3. The van der Waals surface area contributed by atoms with E-state index in [2.05, 4.69) is 10.2 Å². The third kappa shape index (κ3) is 4.77.